The van der Waals surface area contributed by atoms with Gasteiger partial charge in [-0.1, -0.05) is 12.1 Å². The third-order valence-electron chi connectivity index (χ3n) is 8.02. The van der Waals surface area contributed by atoms with E-state index in [9.17, 15) is 4.79 Å². The molecule has 0 radical (unpaired) electrons. The number of nitrogens with zero attached hydrogens (tertiary/aromatic N) is 5. The molecule has 0 saturated carbocycles. The largest absolute Gasteiger partial charge is 0.361 e. The van der Waals surface area contributed by atoms with Crippen molar-refractivity contribution in [3.05, 3.63) is 72.4 Å². The molecule has 8 heteroatoms. The Hall–Kier alpha value is -3.49. The van der Waals surface area contributed by atoms with Gasteiger partial charge in [0.05, 0.1) is 0 Å². The van der Waals surface area contributed by atoms with Crippen LogP contribution >= 0.6 is 0 Å². The minimum Gasteiger partial charge on any atom is -0.361 e. The SMILES string of the molecule is CC(=O)Nc1ccc(CCN2CC3CN(CCCc4c[nH]c5ccc(-n6cnnc6)cc45)CC3C2)cc1. The highest BCUT2D eigenvalue weighted by molar-refractivity contribution is 5.88. The lowest BCUT2D eigenvalue weighted by Crippen LogP contribution is -2.30. The Balaban J connectivity index is 0.951. The lowest BCUT2D eigenvalue weighted by atomic mass is 10.0. The fraction of sp³-hybridized carbons (Fsp3) is 0.414. The van der Waals surface area contributed by atoms with E-state index in [1.165, 1.54) is 61.2 Å². The zero-order valence-electron chi connectivity index (χ0n) is 21.4. The molecule has 37 heavy (non-hydrogen) atoms. The number of hydrogen-bond acceptors (Lipinski definition) is 5. The van der Waals surface area contributed by atoms with Crippen molar-refractivity contribution >= 4 is 22.5 Å². The molecule has 2 N–H and O–H groups in total. The first kappa shape index (κ1) is 23.9. The number of aromatic amines is 1. The first-order valence-corrected chi connectivity index (χ1v) is 13.4. The summed E-state index contributed by atoms with van der Waals surface area (Å²) in [7, 11) is 0. The monoisotopic (exact) mass is 497 g/mol. The van der Waals surface area contributed by atoms with Gasteiger partial charge in [0, 0.05) is 68.1 Å². The molecule has 8 nitrogen and oxygen atoms in total. The van der Waals surface area contributed by atoms with Crippen LogP contribution in [0.3, 0.4) is 0 Å². The standard InChI is InChI=1S/C29H35N7O/c1-21(37)33-26-6-4-22(5-7-26)10-12-35-17-24-15-34(16-25(24)18-35)11-2-3-23-14-30-29-9-8-27(13-28(23)29)36-19-31-32-20-36/h4-9,13-14,19-20,24-25,30H,2-3,10-12,15-18H2,1H3,(H,33,37). The summed E-state index contributed by atoms with van der Waals surface area (Å²) >= 11 is 0. The second-order valence-corrected chi connectivity index (χ2v) is 10.7. The van der Waals surface area contributed by atoms with E-state index in [4.69, 9.17) is 0 Å². The minimum atomic E-state index is -0.0264. The molecule has 4 heterocycles. The molecule has 2 aliphatic heterocycles. The summed E-state index contributed by atoms with van der Waals surface area (Å²) in [6.45, 7) is 8.74. The Morgan fingerprint density at radius 3 is 2.35 bits per heavy atom. The van der Waals surface area contributed by atoms with E-state index >= 15 is 0 Å². The third-order valence-corrected chi connectivity index (χ3v) is 8.02. The van der Waals surface area contributed by atoms with Gasteiger partial charge >= 0.3 is 0 Å². The molecule has 2 atom stereocenters. The summed E-state index contributed by atoms with van der Waals surface area (Å²) in [4.78, 5) is 20.0. The van der Waals surface area contributed by atoms with Crippen molar-refractivity contribution in [3.8, 4) is 5.69 Å². The second-order valence-electron chi connectivity index (χ2n) is 10.7. The van der Waals surface area contributed by atoms with Gasteiger partial charge < -0.3 is 20.1 Å². The molecule has 2 aliphatic rings. The van der Waals surface area contributed by atoms with Crippen LogP contribution in [-0.2, 0) is 17.6 Å². The van der Waals surface area contributed by atoms with E-state index in [1.807, 2.05) is 16.7 Å². The number of fused-ring (bicyclic) bond motifs is 2. The normalized spacial score (nSPS) is 20.0. The zero-order chi connectivity index (χ0) is 25.2. The Kier molecular flexibility index (Phi) is 6.76. The van der Waals surface area contributed by atoms with E-state index < -0.39 is 0 Å². The van der Waals surface area contributed by atoms with Crippen LogP contribution in [0.25, 0.3) is 16.6 Å². The maximum atomic E-state index is 11.2. The molecule has 2 saturated heterocycles. The number of aromatic nitrogens is 4. The molecule has 0 bridgehead atoms. The Labute approximate surface area is 217 Å². The topological polar surface area (TPSA) is 82.1 Å². The van der Waals surface area contributed by atoms with Gasteiger partial charge in [0.1, 0.15) is 12.7 Å². The fourth-order valence-electron chi connectivity index (χ4n) is 6.16. The Morgan fingerprint density at radius 1 is 0.946 bits per heavy atom. The molecule has 1 amide bonds. The summed E-state index contributed by atoms with van der Waals surface area (Å²) in [6, 6.07) is 14.7. The zero-order valence-corrected chi connectivity index (χ0v) is 21.4. The van der Waals surface area contributed by atoms with Gasteiger partial charge in [-0.2, -0.15) is 0 Å². The number of nitrogens with one attached hydrogen (secondary N) is 2. The van der Waals surface area contributed by atoms with Gasteiger partial charge in [-0.05, 0) is 79.1 Å². The number of carbonyl (C=O) groups is 1. The van der Waals surface area contributed by atoms with Crippen molar-refractivity contribution in [2.75, 3.05) is 44.6 Å². The van der Waals surface area contributed by atoms with Gasteiger partial charge in [-0.15, -0.1) is 10.2 Å². The Morgan fingerprint density at radius 2 is 1.65 bits per heavy atom. The van der Waals surface area contributed by atoms with Crippen molar-refractivity contribution in [2.45, 2.75) is 26.2 Å². The molecule has 2 unspecified atom stereocenters. The molecule has 0 aliphatic carbocycles. The maximum Gasteiger partial charge on any atom is 0.221 e. The van der Waals surface area contributed by atoms with Crippen molar-refractivity contribution in [2.24, 2.45) is 11.8 Å². The molecule has 0 spiro atoms. The number of amides is 1. The van der Waals surface area contributed by atoms with Crippen LogP contribution in [0.5, 0.6) is 0 Å². The summed E-state index contributed by atoms with van der Waals surface area (Å²) in [6.07, 6.45) is 8.99. The van der Waals surface area contributed by atoms with Crippen LogP contribution in [0.2, 0.25) is 0 Å². The number of aryl methyl sites for hydroxylation is 1. The first-order chi connectivity index (χ1) is 18.1. The number of carbonyl (C=O) groups excluding carboxylic acids is 1. The predicted octanol–water partition coefficient (Wildman–Crippen LogP) is 3.75. The number of anilines is 1. The van der Waals surface area contributed by atoms with Crippen molar-refractivity contribution in [3.63, 3.8) is 0 Å². The highest BCUT2D eigenvalue weighted by Crippen LogP contribution is 2.31. The van der Waals surface area contributed by atoms with Gasteiger partial charge in [-0.3, -0.25) is 9.36 Å². The number of rotatable bonds is 9. The maximum absolute atomic E-state index is 11.2. The molecular formula is C29H35N7O. The first-order valence-electron chi connectivity index (χ1n) is 13.4. The van der Waals surface area contributed by atoms with E-state index in [-0.39, 0.29) is 5.91 Å². The quantitative estimate of drug-likeness (QED) is 0.368. The van der Waals surface area contributed by atoms with Crippen LogP contribution in [0, 0.1) is 11.8 Å². The fourth-order valence-corrected chi connectivity index (χ4v) is 6.16. The van der Waals surface area contributed by atoms with E-state index in [0.29, 0.717) is 0 Å². The molecular weight excluding hydrogens is 462 g/mol. The van der Waals surface area contributed by atoms with Gasteiger partial charge in [-0.25, -0.2) is 0 Å². The van der Waals surface area contributed by atoms with E-state index in [2.05, 4.69) is 66.8 Å². The average molecular weight is 498 g/mol. The van der Waals surface area contributed by atoms with Crippen molar-refractivity contribution in [1.82, 2.24) is 29.5 Å². The number of likely N-dealkylation sites (tertiary alicyclic amines) is 2. The van der Waals surface area contributed by atoms with Crippen LogP contribution in [0.15, 0.2) is 61.3 Å². The minimum absolute atomic E-state index is 0.0264. The lowest BCUT2D eigenvalue weighted by Gasteiger charge is -2.21. The van der Waals surface area contributed by atoms with Crippen molar-refractivity contribution < 1.29 is 4.79 Å². The van der Waals surface area contributed by atoms with Crippen LogP contribution in [0.1, 0.15) is 24.5 Å². The van der Waals surface area contributed by atoms with Gasteiger partial charge in [0.2, 0.25) is 5.91 Å². The van der Waals surface area contributed by atoms with Crippen molar-refractivity contribution in [1.29, 1.82) is 0 Å². The highest BCUT2D eigenvalue weighted by Gasteiger charge is 2.39. The lowest BCUT2D eigenvalue weighted by molar-refractivity contribution is -0.114. The van der Waals surface area contributed by atoms with Gasteiger partial charge in [0.25, 0.3) is 0 Å². The molecule has 2 fully saturated rings. The second kappa shape index (κ2) is 10.5. The predicted molar refractivity (Wildman–Crippen MR) is 146 cm³/mol. The van der Waals surface area contributed by atoms with E-state index in [1.54, 1.807) is 19.6 Å². The summed E-state index contributed by atoms with van der Waals surface area (Å²) in [5.41, 5.74) is 5.87. The summed E-state index contributed by atoms with van der Waals surface area (Å²) < 4.78 is 1.95. The third kappa shape index (κ3) is 5.45. The van der Waals surface area contributed by atoms with E-state index in [0.717, 1.165) is 42.6 Å². The molecule has 2 aromatic carbocycles. The highest BCUT2D eigenvalue weighted by atomic mass is 16.1. The Bertz CT molecular complexity index is 1330. The molecule has 2 aromatic heterocycles. The average Bonchev–Trinajstić information content (AvgIpc) is 3.68. The number of H-pyrrole nitrogens is 1. The van der Waals surface area contributed by atoms with Crippen LogP contribution in [-0.4, -0.2) is 74.7 Å². The summed E-state index contributed by atoms with van der Waals surface area (Å²) in [5, 5.41) is 12.0. The number of benzene rings is 2. The molecule has 6 rings (SSSR count). The molecule has 4 aromatic rings. The smallest absolute Gasteiger partial charge is 0.221 e. The van der Waals surface area contributed by atoms with Gasteiger partial charge in [0.15, 0.2) is 0 Å². The van der Waals surface area contributed by atoms with Crippen LogP contribution in [0.4, 0.5) is 5.69 Å². The molecule has 192 valence electrons. The number of hydrogen-bond donors (Lipinski definition) is 2. The summed E-state index contributed by atoms with van der Waals surface area (Å²) in [5.74, 6) is 1.59. The van der Waals surface area contributed by atoms with Crippen LogP contribution < -0.4 is 5.32 Å².